The van der Waals surface area contributed by atoms with Crippen LogP contribution >= 0.6 is 11.5 Å². The molecule has 0 spiro atoms. The Bertz CT molecular complexity index is 974. The average molecular weight is 415 g/mol. The molecular formula is C21H22FN3O3S. The summed E-state index contributed by atoms with van der Waals surface area (Å²) in [5.41, 5.74) is 1.40. The van der Waals surface area contributed by atoms with Crippen LogP contribution in [0.2, 0.25) is 0 Å². The van der Waals surface area contributed by atoms with Gasteiger partial charge in [-0.1, -0.05) is 26.0 Å². The third-order valence-electron chi connectivity index (χ3n) is 4.02. The van der Waals surface area contributed by atoms with Crippen LogP contribution in [0.1, 0.15) is 35.6 Å². The molecule has 1 aromatic heterocycles. The molecule has 8 heteroatoms. The number of halogens is 1. The number of nitrogens with one attached hydrogen (secondary N) is 1. The Hall–Kier alpha value is -3.00. The van der Waals surface area contributed by atoms with Crippen molar-refractivity contribution in [3.63, 3.8) is 0 Å². The molecule has 0 unspecified atom stereocenters. The first kappa shape index (κ1) is 20.7. The highest BCUT2D eigenvalue weighted by atomic mass is 32.1. The Morgan fingerprint density at radius 3 is 2.62 bits per heavy atom. The maximum Gasteiger partial charge on any atom is 0.298 e. The molecule has 0 fully saturated rings. The maximum absolute atomic E-state index is 13.0. The van der Waals surface area contributed by atoms with Crippen LogP contribution in [-0.4, -0.2) is 28.9 Å². The summed E-state index contributed by atoms with van der Waals surface area (Å²) in [6.07, 6.45) is 0.478. The second kappa shape index (κ2) is 9.47. The van der Waals surface area contributed by atoms with E-state index in [4.69, 9.17) is 9.47 Å². The zero-order chi connectivity index (χ0) is 20.8. The molecular weight excluding hydrogens is 393 g/mol. The van der Waals surface area contributed by atoms with Gasteiger partial charge in [-0.25, -0.2) is 4.39 Å². The van der Waals surface area contributed by atoms with Gasteiger partial charge < -0.3 is 14.8 Å². The molecule has 0 aliphatic carbocycles. The van der Waals surface area contributed by atoms with E-state index in [2.05, 4.69) is 14.7 Å². The number of carbonyl (C=O) groups is 1. The average Bonchev–Trinajstić information content (AvgIpc) is 3.15. The van der Waals surface area contributed by atoms with E-state index in [1.807, 2.05) is 13.8 Å². The number of nitrogens with zero attached hydrogens (tertiary/aromatic N) is 2. The zero-order valence-electron chi connectivity index (χ0n) is 16.4. The van der Waals surface area contributed by atoms with Gasteiger partial charge in [0.2, 0.25) is 0 Å². The fourth-order valence-electron chi connectivity index (χ4n) is 2.52. The summed E-state index contributed by atoms with van der Waals surface area (Å²) in [5.74, 6) is 1.37. The van der Waals surface area contributed by atoms with E-state index in [0.717, 1.165) is 17.1 Å². The van der Waals surface area contributed by atoms with Gasteiger partial charge in [-0.3, -0.25) is 4.79 Å². The maximum atomic E-state index is 13.0. The number of aromatic nitrogens is 2. The van der Waals surface area contributed by atoms with Crippen LogP contribution in [0.5, 0.6) is 16.7 Å². The molecule has 6 nitrogen and oxygen atoms in total. The standard InChI is InChI=1S/C21H22FN3O3S/c1-13(2)12-23-20(26)15-6-9-17(18(11-15)27-3)28-21-24-19(25-29-21)10-14-4-7-16(22)8-5-14/h4-9,11,13H,10,12H2,1-3H3,(H,23,26). The summed E-state index contributed by atoms with van der Waals surface area (Å²) >= 11 is 1.12. The Kier molecular flexibility index (Phi) is 6.77. The van der Waals surface area contributed by atoms with Gasteiger partial charge in [-0.2, -0.15) is 9.36 Å². The normalized spacial score (nSPS) is 10.8. The van der Waals surface area contributed by atoms with Crippen LogP contribution in [0.15, 0.2) is 42.5 Å². The van der Waals surface area contributed by atoms with Crippen molar-refractivity contribution in [3.05, 3.63) is 65.2 Å². The molecule has 0 atom stereocenters. The molecule has 152 valence electrons. The van der Waals surface area contributed by atoms with Crippen LogP contribution in [0.3, 0.4) is 0 Å². The zero-order valence-corrected chi connectivity index (χ0v) is 17.3. The minimum atomic E-state index is -0.280. The fourth-order valence-corrected chi connectivity index (χ4v) is 3.08. The van der Waals surface area contributed by atoms with Crippen LogP contribution in [0.25, 0.3) is 0 Å². The second-order valence-electron chi connectivity index (χ2n) is 6.85. The third-order valence-corrected chi connectivity index (χ3v) is 4.65. The number of ether oxygens (including phenoxy) is 2. The highest BCUT2D eigenvalue weighted by molar-refractivity contribution is 7.07. The molecule has 2 aromatic carbocycles. The van der Waals surface area contributed by atoms with Gasteiger partial charge in [0, 0.05) is 30.1 Å². The summed E-state index contributed by atoms with van der Waals surface area (Å²) in [6.45, 7) is 4.66. The minimum Gasteiger partial charge on any atom is -0.493 e. The number of methoxy groups -OCH3 is 1. The van der Waals surface area contributed by atoms with E-state index in [1.165, 1.54) is 19.2 Å². The van der Waals surface area contributed by atoms with Gasteiger partial charge in [-0.05, 0) is 41.8 Å². The van der Waals surface area contributed by atoms with Gasteiger partial charge >= 0.3 is 0 Å². The van der Waals surface area contributed by atoms with Crippen molar-refractivity contribution in [1.82, 2.24) is 14.7 Å². The SMILES string of the molecule is COc1cc(C(=O)NCC(C)C)ccc1Oc1nc(Cc2ccc(F)cc2)ns1. The molecule has 29 heavy (non-hydrogen) atoms. The van der Waals surface area contributed by atoms with Crippen molar-refractivity contribution < 1.29 is 18.7 Å². The molecule has 0 radical (unpaired) electrons. The summed E-state index contributed by atoms with van der Waals surface area (Å²) in [7, 11) is 1.51. The van der Waals surface area contributed by atoms with E-state index < -0.39 is 0 Å². The van der Waals surface area contributed by atoms with E-state index in [-0.39, 0.29) is 11.7 Å². The van der Waals surface area contributed by atoms with Crippen LogP contribution in [0, 0.1) is 11.7 Å². The summed E-state index contributed by atoms with van der Waals surface area (Å²) < 4.78 is 28.5. The van der Waals surface area contributed by atoms with Crippen molar-refractivity contribution in [2.24, 2.45) is 5.92 Å². The Morgan fingerprint density at radius 2 is 1.93 bits per heavy atom. The van der Waals surface area contributed by atoms with Gasteiger partial charge in [0.05, 0.1) is 7.11 Å². The molecule has 0 saturated carbocycles. The molecule has 0 saturated heterocycles. The molecule has 3 aromatic rings. The Morgan fingerprint density at radius 1 is 1.17 bits per heavy atom. The topological polar surface area (TPSA) is 73.3 Å². The lowest BCUT2D eigenvalue weighted by Crippen LogP contribution is -2.27. The highest BCUT2D eigenvalue weighted by Crippen LogP contribution is 2.33. The Labute approximate surface area is 172 Å². The molecule has 1 heterocycles. The van der Waals surface area contributed by atoms with Gasteiger partial charge in [0.1, 0.15) is 5.82 Å². The van der Waals surface area contributed by atoms with Crippen LogP contribution in [-0.2, 0) is 6.42 Å². The predicted octanol–water partition coefficient (Wildman–Crippen LogP) is 4.45. The number of carbonyl (C=O) groups excluding carboxylic acids is 1. The van der Waals surface area contributed by atoms with E-state index in [1.54, 1.807) is 30.3 Å². The van der Waals surface area contributed by atoms with Crippen molar-refractivity contribution >= 4 is 17.4 Å². The number of amides is 1. The smallest absolute Gasteiger partial charge is 0.298 e. The van der Waals surface area contributed by atoms with Crippen molar-refractivity contribution in [2.45, 2.75) is 20.3 Å². The molecule has 0 aliphatic rings. The first-order valence-corrected chi connectivity index (χ1v) is 9.93. The molecule has 0 bridgehead atoms. The summed E-state index contributed by atoms with van der Waals surface area (Å²) in [6, 6.07) is 11.2. The predicted molar refractivity (Wildman–Crippen MR) is 109 cm³/mol. The summed E-state index contributed by atoms with van der Waals surface area (Å²) in [4.78, 5) is 16.6. The minimum absolute atomic E-state index is 0.166. The van der Waals surface area contributed by atoms with E-state index in [9.17, 15) is 9.18 Å². The lowest BCUT2D eigenvalue weighted by Gasteiger charge is -2.11. The van der Waals surface area contributed by atoms with Crippen molar-refractivity contribution in [2.75, 3.05) is 13.7 Å². The van der Waals surface area contributed by atoms with Gasteiger partial charge in [0.15, 0.2) is 17.3 Å². The fraction of sp³-hybridized carbons (Fsp3) is 0.286. The van der Waals surface area contributed by atoms with E-state index in [0.29, 0.717) is 47.0 Å². The highest BCUT2D eigenvalue weighted by Gasteiger charge is 2.14. The summed E-state index contributed by atoms with van der Waals surface area (Å²) in [5, 5.41) is 3.23. The molecule has 0 aliphatic heterocycles. The largest absolute Gasteiger partial charge is 0.493 e. The van der Waals surface area contributed by atoms with E-state index >= 15 is 0 Å². The lowest BCUT2D eigenvalue weighted by atomic mass is 10.1. The van der Waals surface area contributed by atoms with Crippen LogP contribution in [0.4, 0.5) is 4.39 Å². The number of benzene rings is 2. The number of hydrogen-bond donors (Lipinski definition) is 1. The molecule has 3 rings (SSSR count). The first-order chi connectivity index (χ1) is 13.9. The molecule has 1 N–H and O–H groups in total. The lowest BCUT2D eigenvalue weighted by molar-refractivity contribution is 0.0948. The monoisotopic (exact) mass is 415 g/mol. The third kappa shape index (κ3) is 5.74. The number of rotatable bonds is 8. The quantitative estimate of drug-likeness (QED) is 0.588. The van der Waals surface area contributed by atoms with Gasteiger partial charge in [0.25, 0.3) is 11.1 Å². The second-order valence-corrected chi connectivity index (χ2v) is 7.57. The molecule has 1 amide bonds. The Balaban J connectivity index is 1.69. The van der Waals surface area contributed by atoms with Gasteiger partial charge in [-0.15, -0.1) is 0 Å². The van der Waals surface area contributed by atoms with Crippen molar-refractivity contribution in [3.8, 4) is 16.7 Å². The first-order valence-electron chi connectivity index (χ1n) is 9.15. The van der Waals surface area contributed by atoms with Crippen LogP contribution < -0.4 is 14.8 Å². The number of hydrogen-bond acceptors (Lipinski definition) is 6. The van der Waals surface area contributed by atoms with Crippen molar-refractivity contribution in [1.29, 1.82) is 0 Å².